The standard InChI is InChI=1S/C21H33N3O4/c1-21(2,3)28-20(26)22-11-9-17-10-13-24(15-17)14-12-23-19(25)27-16-18-7-5-4-6-8-18/h4-8,17H,9-16H2,1-3H3,(H,22,26)(H,23,25). The van der Waals surface area contributed by atoms with Crippen LogP contribution in [0.15, 0.2) is 30.3 Å². The predicted molar refractivity (Wildman–Crippen MR) is 108 cm³/mol. The number of hydrogen-bond acceptors (Lipinski definition) is 5. The summed E-state index contributed by atoms with van der Waals surface area (Å²) >= 11 is 0. The Morgan fingerprint density at radius 3 is 2.54 bits per heavy atom. The molecule has 2 N–H and O–H groups in total. The molecule has 28 heavy (non-hydrogen) atoms. The predicted octanol–water partition coefficient (Wildman–Crippen LogP) is 3.15. The van der Waals surface area contributed by atoms with Gasteiger partial charge in [-0.2, -0.15) is 0 Å². The van der Waals surface area contributed by atoms with Crippen molar-refractivity contribution in [2.75, 3.05) is 32.7 Å². The lowest BCUT2D eigenvalue weighted by Crippen LogP contribution is -2.35. The molecule has 1 aromatic rings. The minimum absolute atomic E-state index is 0.281. The highest BCUT2D eigenvalue weighted by Gasteiger charge is 2.22. The number of likely N-dealkylation sites (tertiary alicyclic amines) is 1. The number of alkyl carbamates (subject to hydrolysis) is 2. The molecule has 0 bridgehead atoms. The number of nitrogens with one attached hydrogen (secondary N) is 2. The molecule has 2 amide bonds. The number of ether oxygens (including phenoxy) is 2. The lowest BCUT2D eigenvalue weighted by atomic mass is 10.1. The number of amides is 2. The number of carbonyl (C=O) groups excluding carboxylic acids is 2. The Balaban J connectivity index is 1.52. The molecule has 0 spiro atoms. The van der Waals surface area contributed by atoms with Crippen LogP contribution in [0, 0.1) is 5.92 Å². The Morgan fingerprint density at radius 1 is 1.11 bits per heavy atom. The van der Waals surface area contributed by atoms with Crippen molar-refractivity contribution >= 4 is 12.2 Å². The molecular weight excluding hydrogens is 358 g/mol. The maximum Gasteiger partial charge on any atom is 0.407 e. The molecule has 7 nitrogen and oxygen atoms in total. The van der Waals surface area contributed by atoms with Gasteiger partial charge in [-0.05, 0) is 51.6 Å². The molecule has 1 atom stereocenters. The van der Waals surface area contributed by atoms with Crippen molar-refractivity contribution in [3.8, 4) is 0 Å². The van der Waals surface area contributed by atoms with E-state index in [-0.39, 0.29) is 18.8 Å². The Labute approximate surface area is 167 Å². The van der Waals surface area contributed by atoms with Crippen LogP contribution in [-0.2, 0) is 16.1 Å². The van der Waals surface area contributed by atoms with Gasteiger partial charge in [0.2, 0.25) is 0 Å². The Kier molecular flexibility index (Phi) is 8.57. The van der Waals surface area contributed by atoms with Crippen LogP contribution in [0.2, 0.25) is 0 Å². The number of rotatable bonds is 8. The van der Waals surface area contributed by atoms with Gasteiger partial charge >= 0.3 is 12.2 Å². The molecule has 1 fully saturated rings. The SMILES string of the molecule is CC(C)(C)OC(=O)NCCC1CCN(CCNC(=O)OCc2ccccc2)C1. The summed E-state index contributed by atoms with van der Waals surface area (Å²) < 4.78 is 10.4. The first-order valence-electron chi connectivity index (χ1n) is 9.95. The molecule has 1 aliphatic heterocycles. The van der Waals surface area contributed by atoms with E-state index in [1.807, 2.05) is 51.1 Å². The highest BCUT2D eigenvalue weighted by Crippen LogP contribution is 2.18. The molecule has 1 unspecified atom stereocenters. The summed E-state index contributed by atoms with van der Waals surface area (Å²) in [4.78, 5) is 25.7. The van der Waals surface area contributed by atoms with Crippen molar-refractivity contribution in [2.45, 2.75) is 45.8 Å². The Hall–Kier alpha value is -2.28. The van der Waals surface area contributed by atoms with Crippen molar-refractivity contribution in [1.29, 1.82) is 0 Å². The van der Waals surface area contributed by atoms with E-state index in [4.69, 9.17) is 9.47 Å². The van der Waals surface area contributed by atoms with Crippen molar-refractivity contribution in [2.24, 2.45) is 5.92 Å². The van der Waals surface area contributed by atoms with E-state index in [0.717, 1.165) is 38.0 Å². The zero-order valence-corrected chi connectivity index (χ0v) is 17.2. The van der Waals surface area contributed by atoms with Crippen LogP contribution in [0.3, 0.4) is 0 Å². The van der Waals surface area contributed by atoms with Crippen LogP contribution in [0.1, 0.15) is 39.2 Å². The minimum Gasteiger partial charge on any atom is -0.445 e. The van der Waals surface area contributed by atoms with Gasteiger partial charge in [0.05, 0.1) is 0 Å². The van der Waals surface area contributed by atoms with Crippen molar-refractivity contribution in [3.63, 3.8) is 0 Å². The quantitative estimate of drug-likeness (QED) is 0.712. The topological polar surface area (TPSA) is 79.9 Å². The molecule has 1 aliphatic rings. The molecule has 0 aliphatic carbocycles. The first kappa shape index (κ1) is 22.0. The zero-order chi connectivity index (χ0) is 20.4. The fourth-order valence-electron chi connectivity index (χ4n) is 3.13. The third kappa shape index (κ3) is 9.08. The second kappa shape index (κ2) is 10.9. The average molecular weight is 392 g/mol. The zero-order valence-electron chi connectivity index (χ0n) is 17.2. The number of carbonyl (C=O) groups is 2. The minimum atomic E-state index is -0.469. The second-order valence-corrected chi connectivity index (χ2v) is 8.16. The monoisotopic (exact) mass is 391 g/mol. The van der Waals surface area contributed by atoms with E-state index >= 15 is 0 Å². The van der Waals surface area contributed by atoms with E-state index in [0.29, 0.717) is 19.0 Å². The van der Waals surface area contributed by atoms with Crippen molar-refractivity contribution in [3.05, 3.63) is 35.9 Å². The molecular formula is C21H33N3O4. The molecule has 0 aromatic heterocycles. The van der Waals surface area contributed by atoms with Crippen molar-refractivity contribution < 1.29 is 19.1 Å². The normalized spacial score (nSPS) is 17.2. The fourth-order valence-corrected chi connectivity index (χ4v) is 3.13. The maximum absolute atomic E-state index is 11.8. The number of hydrogen-bond donors (Lipinski definition) is 2. The van der Waals surface area contributed by atoms with Crippen LogP contribution in [0.4, 0.5) is 9.59 Å². The molecule has 2 rings (SSSR count). The smallest absolute Gasteiger partial charge is 0.407 e. The summed E-state index contributed by atoms with van der Waals surface area (Å²) in [7, 11) is 0. The second-order valence-electron chi connectivity index (χ2n) is 8.16. The fraction of sp³-hybridized carbons (Fsp3) is 0.619. The van der Waals surface area contributed by atoms with Gasteiger partial charge in [0.1, 0.15) is 12.2 Å². The number of nitrogens with zero attached hydrogens (tertiary/aromatic N) is 1. The summed E-state index contributed by atoms with van der Waals surface area (Å²) in [6, 6.07) is 9.62. The highest BCUT2D eigenvalue weighted by atomic mass is 16.6. The number of benzene rings is 1. The van der Waals surface area contributed by atoms with Gasteiger partial charge < -0.3 is 25.0 Å². The molecule has 1 aromatic carbocycles. The van der Waals surface area contributed by atoms with Crippen LogP contribution < -0.4 is 10.6 Å². The van der Waals surface area contributed by atoms with Gasteiger partial charge in [-0.15, -0.1) is 0 Å². The largest absolute Gasteiger partial charge is 0.445 e. The lowest BCUT2D eigenvalue weighted by Gasteiger charge is -2.20. The lowest BCUT2D eigenvalue weighted by molar-refractivity contribution is 0.0525. The molecule has 7 heteroatoms. The summed E-state index contributed by atoms with van der Waals surface area (Å²) in [6.45, 7) is 9.83. The van der Waals surface area contributed by atoms with E-state index in [9.17, 15) is 9.59 Å². The first-order chi connectivity index (χ1) is 13.3. The van der Waals surface area contributed by atoms with Gasteiger partial charge in [0.25, 0.3) is 0 Å². The molecule has 1 heterocycles. The Bertz CT molecular complexity index is 616. The van der Waals surface area contributed by atoms with Gasteiger partial charge in [-0.1, -0.05) is 30.3 Å². The van der Waals surface area contributed by atoms with E-state index in [1.54, 1.807) is 0 Å². The summed E-state index contributed by atoms with van der Waals surface area (Å²) in [5.74, 6) is 0.556. The molecule has 1 saturated heterocycles. The van der Waals surface area contributed by atoms with E-state index in [1.165, 1.54) is 0 Å². The van der Waals surface area contributed by atoms with E-state index in [2.05, 4.69) is 15.5 Å². The highest BCUT2D eigenvalue weighted by molar-refractivity contribution is 5.67. The summed E-state index contributed by atoms with van der Waals surface area (Å²) in [5, 5.41) is 5.61. The molecule has 0 saturated carbocycles. The van der Waals surface area contributed by atoms with Crippen LogP contribution >= 0.6 is 0 Å². The summed E-state index contributed by atoms with van der Waals surface area (Å²) in [5.41, 5.74) is 0.503. The molecule has 156 valence electrons. The van der Waals surface area contributed by atoms with Gasteiger partial charge in [0.15, 0.2) is 0 Å². The van der Waals surface area contributed by atoms with Gasteiger partial charge in [0, 0.05) is 26.2 Å². The van der Waals surface area contributed by atoms with E-state index < -0.39 is 5.60 Å². The van der Waals surface area contributed by atoms with Gasteiger partial charge in [-0.3, -0.25) is 0 Å². The molecule has 0 radical (unpaired) electrons. The first-order valence-corrected chi connectivity index (χ1v) is 9.95. The third-order valence-corrected chi connectivity index (χ3v) is 4.50. The van der Waals surface area contributed by atoms with Crippen LogP contribution in [0.5, 0.6) is 0 Å². The van der Waals surface area contributed by atoms with Crippen molar-refractivity contribution in [1.82, 2.24) is 15.5 Å². The van der Waals surface area contributed by atoms with Crippen LogP contribution in [0.25, 0.3) is 0 Å². The van der Waals surface area contributed by atoms with Gasteiger partial charge in [-0.25, -0.2) is 9.59 Å². The third-order valence-electron chi connectivity index (χ3n) is 4.50. The average Bonchev–Trinajstić information content (AvgIpc) is 3.07. The van der Waals surface area contributed by atoms with Crippen LogP contribution in [-0.4, -0.2) is 55.4 Å². The maximum atomic E-state index is 11.8. The Morgan fingerprint density at radius 2 is 1.82 bits per heavy atom. The summed E-state index contributed by atoms with van der Waals surface area (Å²) in [6.07, 6.45) is 1.29.